The summed E-state index contributed by atoms with van der Waals surface area (Å²) in [5, 5.41) is 19.1. The van der Waals surface area contributed by atoms with Crippen LogP contribution in [0.1, 0.15) is 85.0 Å². The van der Waals surface area contributed by atoms with E-state index in [1.54, 1.807) is 13.8 Å². The van der Waals surface area contributed by atoms with Gasteiger partial charge < -0.3 is 88.6 Å². The normalized spacial score (nSPS) is 12.9. The van der Waals surface area contributed by atoms with E-state index in [1.165, 1.54) is 6.92 Å². The Hall–Kier alpha value is -4.69. The molecule has 0 aliphatic heterocycles. The molecule has 0 aromatic rings. The van der Waals surface area contributed by atoms with Gasteiger partial charge in [0.05, 0.1) is 85.1 Å². The van der Waals surface area contributed by atoms with E-state index in [-0.39, 0.29) is 75.2 Å². The van der Waals surface area contributed by atoms with Gasteiger partial charge >= 0.3 is 0 Å². The number of hydrogen-bond acceptors (Lipinski definition) is 17. The lowest BCUT2D eigenvalue weighted by molar-refractivity contribution is -0.134. The van der Waals surface area contributed by atoms with Gasteiger partial charge in [-0.15, -0.1) is 0 Å². The Kier molecular flexibility index (Phi) is 39.5. The van der Waals surface area contributed by atoms with E-state index >= 15 is 0 Å². The molecule has 0 saturated carbocycles. The van der Waals surface area contributed by atoms with Gasteiger partial charge in [-0.3, -0.25) is 33.6 Å². The fourth-order valence-corrected chi connectivity index (χ4v) is 6.06. The predicted octanol–water partition coefficient (Wildman–Crippen LogP) is -2.74. The molecule has 7 amide bonds. The third kappa shape index (κ3) is 36.4. The van der Waals surface area contributed by atoms with Gasteiger partial charge in [0.2, 0.25) is 41.4 Å². The van der Waals surface area contributed by atoms with E-state index in [1.807, 2.05) is 0 Å². The lowest BCUT2D eigenvalue weighted by Gasteiger charge is -2.27. The standard InChI is InChI=1S/C44H85N11O13/c1-32(2)40(44(62)54-35(41(48)59)12-9-17-49-33(3)47)55-43(61)37(11-6-8-16-46)53-39(58)14-21-64-25-29-68-30-26-65-22-18-50-38(57)13-20-63-24-28-67-31-27-66-23-19-51-42(60)36(52-34(4)56)10-5-7-15-45/h32,35-37,40,49H,3,5-31,45-47H2,1-2,4H3,(H2,48,59)(H,50,57)(H,51,60)(H,52,56)(H,53,58)(H,54,62)(H,55,61). The Balaban J connectivity index is 4.12. The molecule has 0 aliphatic carbocycles. The summed E-state index contributed by atoms with van der Waals surface area (Å²) in [6.07, 6.45) is 4.43. The zero-order valence-corrected chi connectivity index (χ0v) is 40.8. The van der Waals surface area contributed by atoms with E-state index in [9.17, 15) is 33.6 Å². The highest BCUT2D eigenvalue weighted by Crippen LogP contribution is 2.08. The Morgan fingerprint density at radius 2 is 0.926 bits per heavy atom. The lowest BCUT2D eigenvalue weighted by atomic mass is 10.0. The highest BCUT2D eigenvalue weighted by molar-refractivity contribution is 5.94. The molecule has 394 valence electrons. The minimum Gasteiger partial charge on any atom is -0.386 e. The monoisotopic (exact) mass is 976 g/mol. The van der Waals surface area contributed by atoms with Crippen LogP contribution in [0.15, 0.2) is 12.4 Å². The van der Waals surface area contributed by atoms with Crippen LogP contribution in [-0.2, 0) is 62.0 Å². The quantitative estimate of drug-likeness (QED) is 0.0276. The van der Waals surface area contributed by atoms with Crippen molar-refractivity contribution < 1.29 is 62.0 Å². The zero-order valence-electron chi connectivity index (χ0n) is 40.8. The summed E-state index contributed by atoms with van der Waals surface area (Å²) in [5.74, 6) is -3.01. The molecular formula is C44H85N11O13. The second-order valence-corrected chi connectivity index (χ2v) is 16.0. The Labute approximate surface area is 402 Å². The fourth-order valence-electron chi connectivity index (χ4n) is 6.06. The summed E-state index contributed by atoms with van der Waals surface area (Å²) in [7, 11) is 0. The molecule has 24 nitrogen and oxygen atoms in total. The molecule has 0 aliphatic rings. The maximum Gasteiger partial charge on any atom is 0.243 e. The van der Waals surface area contributed by atoms with Crippen molar-refractivity contribution in [3.63, 3.8) is 0 Å². The summed E-state index contributed by atoms with van der Waals surface area (Å²) in [4.78, 5) is 87.2. The Morgan fingerprint density at radius 1 is 0.471 bits per heavy atom. The number of carbonyl (C=O) groups is 7. The van der Waals surface area contributed by atoms with Crippen LogP contribution in [0.25, 0.3) is 0 Å². The number of unbranched alkanes of at least 4 members (excludes halogenated alkanes) is 2. The van der Waals surface area contributed by atoms with Gasteiger partial charge in [-0.2, -0.15) is 0 Å². The number of ether oxygens (including phenoxy) is 6. The molecule has 0 aromatic heterocycles. The van der Waals surface area contributed by atoms with Crippen LogP contribution < -0.4 is 60.2 Å². The summed E-state index contributed by atoms with van der Waals surface area (Å²) >= 11 is 0. The van der Waals surface area contributed by atoms with Crippen LogP contribution in [-0.4, -0.2) is 178 Å². The largest absolute Gasteiger partial charge is 0.386 e. The van der Waals surface area contributed by atoms with Crippen LogP contribution in [0.2, 0.25) is 0 Å². The second-order valence-electron chi connectivity index (χ2n) is 16.0. The fraction of sp³-hybridized carbons (Fsp3) is 0.795. The van der Waals surface area contributed by atoms with Gasteiger partial charge in [0, 0.05) is 39.4 Å². The number of carbonyl (C=O) groups excluding carboxylic acids is 7. The van der Waals surface area contributed by atoms with Crippen LogP contribution in [0.5, 0.6) is 0 Å². The molecule has 0 radical (unpaired) electrons. The van der Waals surface area contributed by atoms with Crippen LogP contribution in [0, 0.1) is 5.92 Å². The topological polar surface area (TPSA) is 363 Å². The Bertz CT molecular complexity index is 1430. The van der Waals surface area contributed by atoms with Crippen molar-refractivity contribution in [2.75, 3.05) is 112 Å². The number of hydrogen-bond donors (Lipinski definition) is 11. The average molecular weight is 976 g/mol. The van der Waals surface area contributed by atoms with Crippen molar-refractivity contribution in [2.45, 2.75) is 109 Å². The summed E-state index contributed by atoms with van der Waals surface area (Å²) < 4.78 is 32.8. The molecular weight excluding hydrogens is 891 g/mol. The SMILES string of the molecule is C=C(N)NCCCC(NC(=O)C(NC(=O)C(CCCCN)NC(=O)CCOCCOCCOCCNC(=O)CCOCCOCCOCCNC(=O)C(CCCCN)NC(C)=O)C(C)C)C(N)=O. The predicted molar refractivity (Wildman–Crippen MR) is 254 cm³/mol. The van der Waals surface area contributed by atoms with Crippen LogP contribution in [0.4, 0.5) is 0 Å². The minimum absolute atomic E-state index is 0.0132. The molecule has 24 heteroatoms. The number of nitrogens with two attached hydrogens (primary N) is 4. The molecule has 0 heterocycles. The summed E-state index contributed by atoms with van der Waals surface area (Å²) in [6, 6.07) is -3.48. The van der Waals surface area contributed by atoms with E-state index < -0.39 is 47.8 Å². The molecule has 0 saturated heterocycles. The first-order valence-corrected chi connectivity index (χ1v) is 23.7. The molecule has 68 heavy (non-hydrogen) atoms. The first kappa shape index (κ1) is 63.3. The number of nitrogens with one attached hydrogen (secondary N) is 7. The number of amides is 7. The van der Waals surface area contributed by atoms with E-state index in [2.05, 4.69) is 43.8 Å². The van der Waals surface area contributed by atoms with Crippen molar-refractivity contribution in [3.8, 4) is 0 Å². The maximum atomic E-state index is 13.4. The third-order valence-electron chi connectivity index (χ3n) is 9.72. The number of rotatable bonds is 46. The molecule has 0 aromatic carbocycles. The molecule has 0 bridgehead atoms. The summed E-state index contributed by atoms with van der Waals surface area (Å²) in [5.41, 5.74) is 22.2. The first-order valence-electron chi connectivity index (χ1n) is 23.7. The lowest BCUT2D eigenvalue weighted by Crippen LogP contribution is -2.58. The van der Waals surface area contributed by atoms with Crippen molar-refractivity contribution in [2.24, 2.45) is 28.9 Å². The van der Waals surface area contributed by atoms with Gasteiger partial charge in [-0.1, -0.05) is 20.4 Å². The van der Waals surface area contributed by atoms with Gasteiger partial charge in [-0.05, 0) is 70.4 Å². The molecule has 0 fully saturated rings. The third-order valence-corrected chi connectivity index (χ3v) is 9.72. The van der Waals surface area contributed by atoms with E-state index in [4.69, 9.17) is 51.4 Å². The maximum absolute atomic E-state index is 13.4. The molecule has 4 unspecified atom stereocenters. The minimum atomic E-state index is -0.998. The van der Waals surface area contributed by atoms with Gasteiger partial charge in [-0.25, -0.2) is 0 Å². The van der Waals surface area contributed by atoms with Crippen molar-refractivity contribution >= 4 is 41.4 Å². The van der Waals surface area contributed by atoms with Gasteiger partial charge in [0.1, 0.15) is 24.2 Å². The van der Waals surface area contributed by atoms with Crippen LogP contribution >= 0.6 is 0 Å². The van der Waals surface area contributed by atoms with Gasteiger partial charge in [0.15, 0.2) is 0 Å². The van der Waals surface area contributed by atoms with E-state index in [0.29, 0.717) is 118 Å². The highest BCUT2D eigenvalue weighted by atomic mass is 16.5. The van der Waals surface area contributed by atoms with E-state index in [0.717, 1.165) is 12.8 Å². The van der Waals surface area contributed by atoms with Crippen LogP contribution in [0.3, 0.4) is 0 Å². The molecule has 0 rings (SSSR count). The first-order chi connectivity index (χ1) is 32.6. The Morgan fingerprint density at radius 3 is 1.40 bits per heavy atom. The van der Waals surface area contributed by atoms with Gasteiger partial charge in [0.25, 0.3) is 0 Å². The zero-order chi connectivity index (χ0) is 50.8. The molecule has 4 atom stereocenters. The summed E-state index contributed by atoms with van der Waals surface area (Å²) in [6.45, 7) is 13.8. The smallest absolute Gasteiger partial charge is 0.243 e. The van der Waals surface area contributed by atoms with Crippen molar-refractivity contribution in [3.05, 3.63) is 12.4 Å². The number of primary amides is 1. The average Bonchev–Trinajstić information content (AvgIpc) is 3.28. The van der Waals surface area contributed by atoms with Crippen molar-refractivity contribution in [1.82, 2.24) is 37.2 Å². The highest BCUT2D eigenvalue weighted by Gasteiger charge is 2.31. The molecule has 0 spiro atoms. The molecule has 15 N–H and O–H groups in total. The van der Waals surface area contributed by atoms with Crippen molar-refractivity contribution in [1.29, 1.82) is 0 Å². The second kappa shape index (κ2) is 42.4.